The smallest absolute Gasteiger partial charge is 0.244 e. The van der Waals surface area contributed by atoms with Crippen molar-refractivity contribution < 1.29 is 4.79 Å². The first-order chi connectivity index (χ1) is 11.6. The van der Waals surface area contributed by atoms with Crippen LogP contribution in [0.25, 0.3) is 0 Å². The van der Waals surface area contributed by atoms with Crippen molar-refractivity contribution in [3.05, 3.63) is 53.1 Å². The quantitative estimate of drug-likeness (QED) is 0.850. The predicted molar refractivity (Wildman–Crippen MR) is 92.8 cm³/mol. The summed E-state index contributed by atoms with van der Waals surface area (Å²) in [6, 6.07) is 8.07. The van der Waals surface area contributed by atoms with Crippen LogP contribution in [0.2, 0.25) is 0 Å². The molecule has 0 saturated carbocycles. The van der Waals surface area contributed by atoms with Gasteiger partial charge in [-0.25, -0.2) is 9.97 Å². The fourth-order valence-electron chi connectivity index (χ4n) is 3.70. The van der Waals surface area contributed by atoms with Gasteiger partial charge in [-0.05, 0) is 43.9 Å². The van der Waals surface area contributed by atoms with E-state index in [-0.39, 0.29) is 11.9 Å². The number of carbonyl (C=O) groups is 1. The summed E-state index contributed by atoms with van der Waals surface area (Å²) in [7, 11) is 0. The third kappa shape index (κ3) is 2.59. The zero-order valence-electron chi connectivity index (χ0n) is 14.2. The van der Waals surface area contributed by atoms with Crippen LogP contribution < -0.4 is 4.90 Å². The van der Waals surface area contributed by atoms with Crippen molar-refractivity contribution in [3.63, 3.8) is 0 Å². The van der Waals surface area contributed by atoms with E-state index < -0.39 is 0 Å². The third-order valence-corrected chi connectivity index (χ3v) is 5.15. The molecule has 0 fully saturated rings. The van der Waals surface area contributed by atoms with Crippen molar-refractivity contribution in [2.24, 2.45) is 0 Å². The molecule has 0 bridgehead atoms. The molecule has 1 unspecified atom stereocenters. The molecule has 1 aromatic carbocycles. The Morgan fingerprint density at radius 2 is 1.96 bits per heavy atom. The first kappa shape index (κ1) is 15.3. The largest absolute Gasteiger partial charge is 0.310 e. The summed E-state index contributed by atoms with van der Waals surface area (Å²) >= 11 is 0. The number of nitrogens with zero attached hydrogens (tertiary/aromatic N) is 4. The molecule has 2 aliphatic rings. The molecule has 3 heterocycles. The van der Waals surface area contributed by atoms with Gasteiger partial charge >= 0.3 is 0 Å². The van der Waals surface area contributed by atoms with Gasteiger partial charge in [0.15, 0.2) is 0 Å². The van der Waals surface area contributed by atoms with Gasteiger partial charge in [0.1, 0.15) is 5.82 Å². The van der Waals surface area contributed by atoms with Crippen LogP contribution in [-0.2, 0) is 24.2 Å². The van der Waals surface area contributed by atoms with Crippen LogP contribution in [0, 0.1) is 6.92 Å². The molecule has 0 saturated heterocycles. The maximum absolute atomic E-state index is 13.0. The number of para-hydroxylation sites is 1. The zero-order chi connectivity index (χ0) is 16.7. The number of aromatic nitrogens is 2. The van der Waals surface area contributed by atoms with Crippen molar-refractivity contribution in [2.75, 3.05) is 18.0 Å². The van der Waals surface area contributed by atoms with Crippen molar-refractivity contribution in [3.8, 4) is 0 Å². The Bertz CT molecular complexity index is 789. The molecule has 1 aromatic heterocycles. The van der Waals surface area contributed by atoms with E-state index >= 15 is 0 Å². The highest BCUT2D eigenvalue weighted by atomic mass is 16.2. The number of benzene rings is 1. The van der Waals surface area contributed by atoms with Crippen molar-refractivity contribution in [2.45, 2.75) is 39.3 Å². The van der Waals surface area contributed by atoms with Crippen LogP contribution in [0.3, 0.4) is 0 Å². The van der Waals surface area contributed by atoms with Crippen LogP contribution in [0.1, 0.15) is 29.6 Å². The number of rotatable bonds is 2. The van der Waals surface area contributed by atoms with Gasteiger partial charge in [0.25, 0.3) is 0 Å². The Hall–Kier alpha value is -2.27. The molecule has 2 aromatic rings. The van der Waals surface area contributed by atoms with Crippen molar-refractivity contribution >= 4 is 11.6 Å². The van der Waals surface area contributed by atoms with E-state index in [0.717, 1.165) is 49.7 Å². The second kappa shape index (κ2) is 5.98. The average Bonchev–Trinajstić information content (AvgIpc) is 3.04. The Labute approximate surface area is 142 Å². The van der Waals surface area contributed by atoms with E-state index in [1.165, 1.54) is 11.1 Å². The number of hydrogen-bond donors (Lipinski definition) is 0. The minimum atomic E-state index is -0.139. The van der Waals surface area contributed by atoms with Gasteiger partial charge in [0.05, 0.1) is 11.7 Å². The van der Waals surface area contributed by atoms with E-state index in [1.54, 1.807) is 0 Å². The lowest BCUT2D eigenvalue weighted by Gasteiger charge is -2.34. The van der Waals surface area contributed by atoms with Gasteiger partial charge in [-0.15, -0.1) is 0 Å². The molecule has 1 amide bonds. The number of anilines is 1. The molecule has 5 heteroatoms. The number of hydrogen-bond acceptors (Lipinski definition) is 4. The second-order valence-electron chi connectivity index (χ2n) is 6.65. The van der Waals surface area contributed by atoms with Gasteiger partial charge in [0.2, 0.25) is 5.91 Å². The fraction of sp³-hybridized carbons (Fsp3) is 0.421. The molecule has 24 heavy (non-hydrogen) atoms. The molecule has 0 radical (unpaired) electrons. The molecule has 2 aliphatic heterocycles. The van der Waals surface area contributed by atoms with Crippen LogP contribution >= 0.6 is 0 Å². The van der Waals surface area contributed by atoms with E-state index in [9.17, 15) is 4.79 Å². The molecule has 5 nitrogen and oxygen atoms in total. The molecule has 0 N–H and O–H groups in total. The maximum atomic E-state index is 13.0. The molecule has 124 valence electrons. The van der Waals surface area contributed by atoms with Crippen LogP contribution in [0.5, 0.6) is 0 Å². The normalized spacial score (nSPS) is 18.2. The summed E-state index contributed by atoms with van der Waals surface area (Å²) in [5.74, 6) is 0.984. The highest BCUT2D eigenvalue weighted by molar-refractivity contribution is 5.98. The first-order valence-corrected chi connectivity index (χ1v) is 8.58. The monoisotopic (exact) mass is 322 g/mol. The first-order valence-electron chi connectivity index (χ1n) is 8.58. The summed E-state index contributed by atoms with van der Waals surface area (Å²) in [5.41, 5.74) is 4.62. The molecule has 0 spiro atoms. The molecular formula is C19H22N4O. The Balaban J connectivity index is 1.52. The topological polar surface area (TPSA) is 49.3 Å². The average molecular weight is 322 g/mol. The van der Waals surface area contributed by atoms with Crippen molar-refractivity contribution in [1.29, 1.82) is 0 Å². The summed E-state index contributed by atoms with van der Waals surface area (Å²) in [6.45, 7) is 6.31. The number of fused-ring (bicyclic) bond motifs is 2. The van der Waals surface area contributed by atoms with Gasteiger partial charge in [-0.1, -0.05) is 18.2 Å². The molecular weight excluding hydrogens is 300 g/mol. The summed E-state index contributed by atoms with van der Waals surface area (Å²) in [4.78, 5) is 26.1. The minimum Gasteiger partial charge on any atom is -0.310 e. The fourth-order valence-corrected chi connectivity index (χ4v) is 3.70. The zero-order valence-corrected chi connectivity index (χ0v) is 14.2. The Morgan fingerprint density at radius 1 is 1.17 bits per heavy atom. The third-order valence-electron chi connectivity index (χ3n) is 5.15. The summed E-state index contributed by atoms with van der Waals surface area (Å²) in [5, 5.41) is 0. The molecule has 0 aliphatic carbocycles. The van der Waals surface area contributed by atoms with E-state index in [1.807, 2.05) is 37.1 Å². The van der Waals surface area contributed by atoms with Gasteiger partial charge in [-0.3, -0.25) is 9.69 Å². The van der Waals surface area contributed by atoms with E-state index in [0.29, 0.717) is 0 Å². The van der Waals surface area contributed by atoms with E-state index in [4.69, 9.17) is 0 Å². The van der Waals surface area contributed by atoms with E-state index in [2.05, 4.69) is 27.0 Å². The van der Waals surface area contributed by atoms with Gasteiger partial charge in [-0.2, -0.15) is 0 Å². The lowest BCUT2D eigenvalue weighted by atomic mass is 10.0. The van der Waals surface area contributed by atoms with Gasteiger partial charge in [0, 0.05) is 31.5 Å². The lowest BCUT2D eigenvalue weighted by molar-refractivity contribution is -0.123. The number of amides is 1. The second-order valence-corrected chi connectivity index (χ2v) is 6.65. The SMILES string of the molecule is Cc1ncc2c(n1)CN(C(C)C(=O)N1CCc3ccccc31)CC2. The summed E-state index contributed by atoms with van der Waals surface area (Å²) < 4.78 is 0. The minimum absolute atomic E-state index is 0.139. The highest BCUT2D eigenvalue weighted by Crippen LogP contribution is 2.29. The standard InChI is InChI=1S/C19H22N4O/c1-13(19(24)23-10-8-15-5-3-4-6-18(15)23)22-9-7-16-11-20-14(2)21-17(16)12-22/h3-6,11,13H,7-10,12H2,1-2H3. The lowest BCUT2D eigenvalue weighted by Crippen LogP contribution is -2.48. The maximum Gasteiger partial charge on any atom is 0.244 e. The highest BCUT2D eigenvalue weighted by Gasteiger charge is 2.32. The number of carbonyl (C=O) groups excluding carboxylic acids is 1. The van der Waals surface area contributed by atoms with Crippen LogP contribution in [-0.4, -0.2) is 39.9 Å². The van der Waals surface area contributed by atoms with Crippen LogP contribution in [0.4, 0.5) is 5.69 Å². The molecule has 1 atom stereocenters. The molecule has 4 rings (SSSR count). The number of aryl methyl sites for hydroxylation is 1. The predicted octanol–water partition coefficient (Wildman–Crippen LogP) is 2.12. The summed E-state index contributed by atoms with van der Waals surface area (Å²) in [6.07, 6.45) is 3.78. The Kier molecular flexibility index (Phi) is 3.81. The van der Waals surface area contributed by atoms with Gasteiger partial charge < -0.3 is 4.90 Å². The van der Waals surface area contributed by atoms with Crippen molar-refractivity contribution in [1.82, 2.24) is 14.9 Å². The van der Waals surface area contributed by atoms with Crippen LogP contribution in [0.15, 0.2) is 30.5 Å². The Morgan fingerprint density at radius 3 is 2.83 bits per heavy atom.